The van der Waals surface area contributed by atoms with Gasteiger partial charge in [-0.15, -0.1) is 0 Å². The summed E-state index contributed by atoms with van der Waals surface area (Å²) in [6.45, 7) is 0. The molecule has 0 N–H and O–H groups in total. The van der Waals surface area contributed by atoms with Crippen LogP contribution in [0, 0.1) is 11.6 Å². The lowest BCUT2D eigenvalue weighted by molar-refractivity contribution is 0.628. The fraction of sp³-hybridized carbons (Fsp3) is 0. The Balaban J connectivity index is 2.04. The Hall–Kier alpha value is -2.26. The van der Waals surface area contributed by atoms with Crippen LogP contribution in [0.3, 0.4) is 0 Å². The number of aromatic nitrogens is 1. The molecule has 104 valence electrons. The van der Waals surface area contributed by atoms with E-state index in [1.54, 1.807) is 36.4 Å². The van der Waals surface area contributed by atoms with Crippen molar-refractivity contribution in [3.8, 4) is 22.4 Å². The average Bonchev–Trinajstić information content (AvgIpc) is 2.47. The van der Waals surface area contributed by atoms with Crippen LogP contribution in [0.15, 0.2) is 60.7 Å². The maximum Gasteiger partial charge on any atom is 0.137 e. The first-order valence-electron chi connectivity index (χ1n) is 6.32. The number of pyridine rings is 1. The second-order valence-electron chi connectivity index (χ2n) is 4.56. The van der Waals surface area contributed by atoms with Crippen LogP contribution in [0.5, 0.6) is 0 Å². The highest BCUT2D eigenvalue weighted by Crippen LogP contribution is 2.29. The Kier molecular flexibility index (Phi) is 3.67. The lowest BCUT2D eigenvalue weighted by atomic mass is 10.1. The molecule has 1 nitrogen and oxygen atoms in total. The van der Waals surface area contributed by atoms with Crippen LogP contribution in [0.1, 0.15) is 0 Å². The number of nitrogens with zero attached hydrogens (tertiary/aromatic N) is 1. The van der Waals surface area contributed by atoms with Crippen LogP contribution < -0.4 is 0 Å². The predicted molar refractivity (Wildman–Crippen MR) is 80.0 cm³/mol. The van der Waals surface area contributed by atoms with Gasteiger partial charge in [0.25, 0.3) is 0 Å². The molecule has 3 aromatic rings. The first kappa shape index (κ1) is 13.7. The van der Waals surface area contributed by atoms with E-state index in [-0.39, 0.29) is 16.8 Å². The van der Waals surface area contributed by atoms with Crippen LogP contribution in [-0.2, 0) is 0 Å². The zero-order valence-corrected chi connectivity index (χ0v) is 11.6. The smallest absolute Gasteiger partial charge is 0.137 e. The zero-order chi connectivity index (χ0) is 14.8. The van der Waals surface area contributed by atoms with Crippen molar-refractivity contribution in [3.05, 3.63) is 77.5 Å². The fourth-order valence-electron chi connectivity index (χ4n) is 2.11. The van der Waals surface area contributed by atoms with E-state index in [2.05, 4.69) is 4.98 Å². The Bertz CT molecular complexity index is 802. The van der Waals surface area contributed by atoms with Gasteiger partial charge in [0.05, 0.1) is 5.69 Å². The van der Waals surface area contributed by atoms with Gasteiger partial charge < -0.3 is 0 Å². The molecule has 0 atom stereocenters. The molecule has 0 spiro atoms. The molecule has 0 aliphatic heterocycles. The number of rotatable bonds is 2. The third-order valence-electron chi connectivity index (χ3n) is 3.10. The molecule has 2 aromatic carbocycles. The highest BCUT2D eigenvalue weighted by atomic mass is 35.5. The van der Waals surface area contributed by atoms with Gasteiger partial charge in [-0.05, 0) is 42.0 Å². The standard InChI is InChI=1S/C17H10ClF2N/c18-17-15(11-3-1-5-13(19)9-11)7-8-16(21-17)12-4-2-6-14(20)10-12/h1-10H. The molecule has 4 heteroatoms. The summed E-state index contributed by atoms with van der Waals surface area (Å²) in [6.07, 6.45) is 0. The van der Waals surface area contributed by atoms with Crippen molar-refractivity contribution in [1.29, 1.82) is 0 Å². The van der Waals surface area contributed by atoms with Gasteiger partial charge in [-0.3, -0.25) is 0 Å². The zero-order valence-electron chi connectivity index (χ0n) is 10.9. The molecule has 0 amide bonds. The second-order valence-corrected chi connectivity index (χ2v) is 4.91. The Labute approximate surface area is 125 Å². The molecule has 0 fully saturated rings. The van der Waals surface area contributed by atoms with Gasteiger partial charge in [0.1, 0.15) is 16.8 Å². The van der Waals surface area contributed by atoms with Crippen molar-refractivity contribution < 1.29 is 8.78 Å². The maximum absolute atomic E-state index is 13.3. The Morgan fingerprint density at radius 3 is 2.00 bits per heavy atom. The van der Waals surface area contributed by atoms with Gasteiger partial charge in [-0.1, -0.05) is 35.9 Å². The van der Waals surface area contributed by atoms with Gasteiger partial charge in [0.15, 0.2) is 0 Å². The first-order valence-corrected chi connectivity index (χ1v) is 6.70. The minimum atomic E-state index is -0.335. The van der Waals surface area contributed by atoms with Crippen LogP contribution in [0.4, 0.5) is 8.78 Å². The molecule has 3 rings (SSSR count). The number of halogens is 3. The molecular weight excluding hydrogens is 292 g/mol. The minimum absolute atomic E-state index is 0.252. The van der Waals surface area contributed by atoms with Gasteiger partial charge in [0, 0.05) is 11.1 Å². The summed E-state index contributed by atoms with van der Waals surface area (Å²) in [5.74, 6) is -0.669. The molecule has 0 aliphatic rings. The summed E-state index contributed by atoms with van der Waals surface area (Å²) in [5, 5.41) is 0.252. The molecule has 1 heterocycles. The minimum Gasteiger partial charge on any atom is -0.235 e. The SMILES string of the molecule is Fc1cccc(-c2ccc(-c3cccc(F)c3)c(Cl)n2)c1. The predicted octanol–water partition coefficient (Wildman–Crippen LogP) is 5.35. The van der Waals surface area contributed by atoms with Crippen molar-refractivity contribution in [2.24, 2.45) is 0 Å². The summed E-state index contributed by atoms with van der Waals surface area (Å²) in [4.78, 5) is 4.27. The average molecular weight is 302 g/mol. The van der Waals surface area contributed by atoms with Gasteiger partial charge in [-0.25, -0.2) is 13.8 Å². The highest BCUT2D eigenvalue weighted by molar-refractivity contribution is 6.32. The molecule has 0 saturated heterocycles. The monoisotopic (exact) mass is 301 g/mol. The molecule has 0 saturated carbocycles. The first-order chi connectivity index (χ1) is 10.1. The molecule has 0 bridgehead atoms. The van der Waals surface area contributed by atoms with Crippen LogP contribution >= 0.6 is 11.6 Å². The van der Waals surface area contributed by atoms with E-state index in [0.717, 1.165) is 0 Å². The van der Waals surface area contributed by atoms with Crippen molar-refractivity contribution in [2.45, 2.75) is 0 Å². The van der Waals surface area contributed by atoms with Gasteiger partial charge >= 0.3 is 0 Å². The molecule has 0 radical (unpaired) electrons. The van der Waals surface area contributed by atoms with E-state index in [1.165, 1.54) is 24.3 Å². The van der Waals surface area contributed by atoms with Crippen LogP contribution in [-0.4, -0.2) is 4.98 Å². The summed E-state index contributed by atoms with van der Waals surface area (Å²) < 4.78 is 26.5. The lowest BCUT2D eigenvalue weighted by Gasteiger charge is -2.07. The van der Waals surface area contributed by atoms with Crippen LogP contribution in [0.2, 0.25) is 5.15 Å². The quantitative estimate of drug-likeness (QED) is 0.582. The number of hydrogen-bond acceptors (Lipinski definition) is 1. The van der Waals surface area contributed by atoms with Crippen molar-refractivity contribution in [3.63, 3.8) is 0 Å². The molecule has 1 aromatic heterocycles. The topological polar surface area (TPSA) is 12.9 Å². The third kappa shape index (κ3) is 2.93. The molecular formula is C17H10ClF2N. The Morgan fingerprint density at radius 1 is 0.762 bits per heavy atom. The Morgan fingerprint density at radius 2 is 1.38 bits per heavy atom. The maximum atomic E-state index is 13.3. The van der Waals surface area contributed by atoms with Crippen molar-refractivity contribution >= 4 is 11.6 Å². The fourth-order valence-corrected chi connectivity index (χ4v) is 2.38. The third-order valence-corrected chi connectivity index (χ3v) is 3.39. The van der Waals surface area contributed by atoms with Gasteiger partial charge in [-0.2, -0.15) is 0 Å². The van der Waals surface area contributed by atoms with Gasteiger partial charge in [0.2, 0.25) is 0 Å². The van der Waals surface area contributed by atoms with E-state index in [1.807, 2.05) is 0 Å². The highest BCUT2D eigenvalue weighted by Gasteiger charge is 2.08. The van der Waals surface area contributed by atoms with E-state index in [4.69, 9.17) is 11.6 Å². The molecule has 21 heavy (non-hydrogen) atoms. The van der Waals surface area contributed by atoms with E-state index in [9.17, 15) is 8.78 Å². The van der Waals surface area contributed by atoms with Crippen molar-refractivity contribution in [1.82, 2.24) is 4.98 Å². The molecule has 0 aliphatic carbocycles. The largest absolute Gasteiger partial charge is 0.235 e. The van der Waals surface area contributed by atoms with E-state index in [0.29, 0.717) is 22.4 Å². The van der Waals surface area contributed by atoms with Crippen LogP contribution in [0.25, 0.3) is 22.4 Å². The number of hydrogen-bond donors (Lipinski definition) is 0. The molecule has 0 unspecified atom stereocenters. The second kappa shape index (κ2) is 5.62. The summed E-state index contributed by atoms with van der Waals surface area (Å²) in [5.41, 5.74) is 2.50. The number of benzene rings is 2. The van der Waals surface area contributed by atoms with Crippen molar-refractivity contribution in [2.75, 3.05) is 0 Å². The van der Waals surface area contributed by atoms with E-state index < -0.39 is 0 Å². The normalized spacial score (nSPS) is 10.6. The lowest BCUT2D eigenvalue weighted by Crippen LogP contribution is -1.89. The summed E-state index contributed by atoms with van der Waals surface area (Å²) in [6, 6.07) is 15.7. The summed E-state index contributed by atoms with van der Waals surface area (Å²) in [7, 11) is 0. The summed E-state index contributed by atoms with van der Waals surface area (Å²) >= 11 is 6.18. The van der Waals surface area contributed by atoms with E-state index >= 15 is 0 Å².